The SMILES string of the molecule is OCC1OC=CC(O)C1OC1OC(CO)[C@H](O)C(O)C1O. The maximum Gasteiger partial charge on any atom is 0.187 e. The molecule has 6 N–H and O–H groups in total. The third-order valence-corrected chi connectivity index (χ3v) is 3.55. The number of ether oxygens (including phenoxy) is 3. The molecule has 0 bridgehead atoms. The molecule has 0 radical (unpaired) electrons. The molecule has 0 aliphatic carbocycles. The first kappa shape index (κ1) is 16.6. The Hall–Kier alpha value is -0.780. The van der Waals surface area contributed by atoms with E-state index in [0.29, 0.717) is 0 Å². The van der Waals surface area contributed by atoms with Crippen LogP contribution in [0.5, 0.6) is 0 Å². The van der Waals surface area contributed by atoms with Crippen LogP contribution >= 0.6 is 0 Å². The molecule has 7 unspecified atom stereocenters. The summed E-state index contributed by atoms with van der Waals surface area (Å²) in [6.07, 6.45) is -7.68. The second-order valence-electron chi connectivity index (χ2n) is 4.97. The Morgan fingerprint density at radius 3 is 2.19 bits per heavy atom. The van der Waals surface area contributed by atoms with E-state index in [4.69, 9.17) is 19.3 Å². The van der Waals surface area contributed by atoms with Crippen LogP contribution in [0.25, 0.3) is 0 Å². The van der Waals surface area contributed by atoms with Crippen LogP contribution in [-0.2, 0) is 14.2 Å². The van der Waals surface area contributed by atoms with E-state index < -0.39 is 62.2 Å². The molecule has 9 nitrogen and oxygen atoms in total. The Labute approximate surface area is 120 Å². The fourth-order valence-electron chi connectivity index (χ4n) is 2.28. The van der Waals surface area contributed by atoms with Gasteiger partial charge in [-0.3, -0.25) is 0 Å². The Morgan fingerprint density at radius 2 is 1.57 bits per heavy atom. The average molecular weight is 308 g/mol. The molecule has 0 aromatic carbocycles. The highest BCUT2D eigenvalue weighted by Gasteiger charge is 2.46. The van der Waals surface area contributed by atoms with E-state index in [-0.39, 0.29) is 0 Å². The smallest absolute Gasteiger partial charge is 0.187 e. The summed E-state index contributed by atoms with van der Waals surface area (Å²) < 4.78 is 15.6. The summed E-state index contributed by atoms with van der Waals surface area (Å²) in [5.41, 5.74) is 0. The first-order valence-corrected chi connectivity index (χ1v) is 6.56. The van der Waals surface area contributed by atoms with Crippen LogP contribution in [0, 0.1) is 0 Å². The van der Waals surface area contributed by atoms with Gasteiger partial charge in [0.1, 0.15) is 42.7 Å². The molecule has 0 aromatic rings. The van der Waals surface area contributed by atoms with Crippen molar-refractivity contribution >= 4 is 0 Å². The van der Waals surface area contributed by atoms with E-state index in [2.05, 4.69) is 0 Å². The van der Waals surface area contributed by atoms with Gasteiger partial charge < -0.3 is 44.8 Å². The standard InChI is InChI=1S/C12H20O9/c13-3-6-8(16)9(17)10(18)12(20-6)21-11-5(15)1-2-19-7(11)4-14/h1-2,5-18H,3-4H2/t5?,6?,7?,8-,9?,10?,11?,12?/m0/s1. The van der Waals surface area contributed by atoms with Gasteiger partial charge in [-0.05, 0) is 6.08 Å². The first-order valence-electron chi connectivity index (χ1n) is 6.56. The summed E-state index contributed by atoms with van der Waals surface area (Å²) in [6, 6.07) is 0. The van der Waals surface area contributed by atoms with Gasteiger partial charge in [0.05, 0.1) is 19.5 Å². The highest BCUT2D eigenvalue weighted by atomic mass is 16.7. The molecule has 0 aromatic heterocycles. The molecule has 0 spiro atoms. The van der Waals surface area contributed by atoms with Crippen LogP contribution in [-0.4, -0.2) is 92.9 Å². The van der Waals surface area contributed by atoms with E-state index >= 15 is 0 Å². The lowest BCUT2D eigenvalue weighted by atomic mass is 9.99. The third kappa shape index (κ3) is 3.35. The zero-order valence-corrected chi connectivity index (χ0v) is 11.1. The maximum absolute atomic E-state index is 9.85. The van der Waals surface area contributed by atoms with E-state index in [1.807, 2.05) is 0 Å². The van der Waals surface area contributed by atoms with Gasteiger partial charge in [-0.15, -0.1) is 0 Å². The molecule has 8 atom stereocenters. The minimum absolute atomic E-state index is 0.441. The minimum Gasteiger partial charge on any atom is -0.493 e. The topological polar surface area (TPSA) is 149 Å². The van der Waals surface area contributed by atoms with Crippen molar-refractivity contribution in [2.75, 3.05) is 13.2 Å². The van der Waals surface area contributed by atoms with Gasteiger partial charge in [0.2, 0.25) is 0 Å². The first-order chi connectivity index (χ1) is 9.99. The van der Waals surface area contributed by atoms with Gasteiger partial charge in [-0.1, -0.05) is 0 Å². The fourth-order valence-corrected chi connectivity index (χ4v) is 2.28. The Morgan fingerprint density at radius 1 is 0.905 bits per heavy atom. The van der Waals surface area contributed by atoms with Gasteiger partial charge in [0.25, 0.3) is 0 Å². The van der Waals surface area contributed by atoms with Crippen molar-refractivity contribution < 1.29 is 44.8 Å². The molecular formula is C12H20O9. The minimum atomic E-state index is -1.58. The highest BCUT2D eigenvalue weighted by Crippen LogP contribution is 2.26. The van der Waals surface area contributed by atoms with Gasteiger partial charge in [-0.25, -0.2) is 0 Å². The third-order valence-electron chi connectivity index (χ3n) is 3.55. The summed E-state index contributed by atoms with van der Waals surface area (Å²) in [4.78, 5) is 0. The largest absolute Gasteiger partial charge is 0.493 e. The fraction of sp³-hybridized carbons (Fsp3) is 0.833. The zero-order chi connectivity index (χ0) is 15.6. The molecule has 2 aliphatic rings. The Kier molecular flexibility index (Phi) is 5.52. The molecule has 1 saturated heterocycles. The summed E-state index contributed by atoms with van der Waals surface area (Å²) in [5, 5.41) is 57.3. The lowest BCUT2D eigenvalue weighted by molar-refractivity contribution is -0.324. The van der Waals surface area contributed by atoms with Gasteiger partial charge in [-0.2, -0.15) is 0 Å². The molecule has 2 aliphatic heterocycles. The van der Waals surface area contributed by atoms with Gasteiger partial charge in [0, 0.05) is 0 Å². The normalized spacial score (nSPS) is 47.1. The second kappa shape index (κ2) is 6.99. The number of aliphatic hydroxyl groups is 6. The predicted octanol–water partition coefficient (Wildman–Crippen LogP) is -3.56. The van der Waals surface area contributed by atoms with Crippen molar-refractivity contribution in [1.82, 2.24) is 0 Å². The van der Waals surface area contributed by atoms with Crippen LogP contribution in [0.1, 0.15) is 0 Å². The van der Waals surface area contributed by atoms with E-state index in [9.17, 15) is 25.5 Å². The maximum atomic E-state index is 9.85. The molecule has 9 heteroatoms. The average Bonchev–Trinajstić information content (AvgIpc) is 2.49. The van der Waals surface area contributed by atoms with Crippen LogP contribution in [0.2, 0.25) is 0 Å². The highest BCUT2D eigenvalue weighted by molar-refractivity contribution is 4.99. The van der Waals surface area contributed by atoms with Crippen molar-refractivity contribution in [2.45, 2.75) is 49.0 Å². The van der Waals surface area contributed by atoms with Crippen LogP contribution < -0.4 is 0 Å². The van der Waals surface area contributed by atoms with Gasteiger partial charge >= 0.3 is 0 Å². The molecule has 2 rings (SSSR count). The van der Waals surface area contributed by atoms with Crippen molar-refractivity contribution in [2.24, 2.45) is 0 Å². The van der Waals surface area contributed by atoms with E-state index in [0.717, 1.165) is 0 Å². The number of aliphatic hydroxyl groups excluding tert-OH is 6. The summed E-state index contributed by atoms with van der Waals surface area (Å²) in [7, 11) is 0. The number of hydrogen-bond donors (Lipinski definition) is 6. The summed E-state index contributed by atoms with van der Waals surface area (Å²) in [6.45, 7) is -1.03. The van der Waals surface area contributed by atoms with Crippen LogP contribution in [0.15, 0.2) is 12.3 Å². The lowest BCUT2D eigenvalue weighted by Gasteiger charge is -2.42. The molecule has 21 heavy (non-hydrogen) atoms. The van der Waals surface area contributed by atoms with E-state index in [1.165, 1.54) is 12.3 Å². The zero-order valence-electron chi connectivity index (χ0n) is 11.1. The molecule has 2 heterocycles. The van der Waals surface area contributed by atoms with Crippen molar-refractivity contribution in [3.05, 3.63) is 12.3 Å². The number of rotatable bonds is 4. The summed E-state index contributed by atoms with van der Waals surface area (Å²) >= 11 is 0. The Balaban J connectivity index is 2.08. The van der Waals surface area contributed by atoms with E-state index in [1.54, 1.807) is 0 Å². The molecule has 0 saturated carbocycles. The molecular weight excluding hydrogens is 288 g/mol. The monoisotopic (exact) mass is 308 g/mol. The molecule has 122 valence electrons. The second-order valence-corrected chi connectivity index (χ2v) is 4.97. The predicted molar refractivity (Wildman–Crippen MR) is 65.7 cm³/mol. The molecule has 0 amide bonds. The lowest BCUT2D eigenvalue weighted by Crippen LogP contribution is -2.61. The van der Waals surface area contributed by atoms with Gasteiger partial charge in [0.15, 0.2) is 6.29 Å². The van der Waals surface area contributed by atoms with Crippen LogP contribution in [0.3, 0.4) is 0 Å². The van der Waals surface area contributed by atoms with Crippen molar-refractivity contribution in [3.8, 4) is 0 Å². The molecule has 1 fully saturated rings. The quantitative estimate of drug-likeness (QED) is 0.310. The number of hydrogen-bond acceptors (Lipinski definition) is 9. The summed E-state index contributed by atoms with van der Waals surface area (Å²) in [5.74, 6) is 0. The van der Waals surface area contributed by atoms with Crippen molar-refractivity contribution in [3.63, 3.8) is 0 Å². The Bertz CT molecular complexity index is 361. The van der Waals surface area contributed by atoms with Crippen LogP contribution in [0.4, 0.5) is 0 Å². The van der Waals surface area contributed by atoms with Crippen molar-refractivity contribution in [1.29, 1.82) is 0 Å².